The highest BCUT2D eigenvalue weighted by Gasteiger charge is 2.02. The molecule has 1 heterocycles. The van der Waals surface area contributed by atoms with E-state index in [2.05, 4.69) is 10.3 Å². The molecule has 3 N–H and O–H groups in total. The fourth-order valence-corrected chi connectivity index (χ4v) is 1.46. The average Bonchev–Trinajstić information content (AvgIpc) is 2.22. The normalized spacial score (nSPS) is 12.7. The number of hydrogen-bond donors (Lipinski definition) is 3. The van der Waals surface area contributed by atoms with E-state index >= 15 is 0 Å². The lowest BCUT2D eigenvalue weighted by molar-refractivity contribution is 0.181. The fourth-order valence-electron chi connectivity index (χ4n) is 1.46. The second-order valence-corrected chi connectivity index (χ2v) is 4.09. The number of aliphatic hydroxyl groups excluding tert-OH is 1. The first-order valence-electron chi connectivity index (χ1n) is 5.64. The molecule has 0 aliphatic heterocycles. The SMILES string of the molecule is Cc1ccc(O)c(CNCCCC(C)O)n1. The lowest BCUT2D eigenvalue weighted by Crippen LogP contribution is -2.17. The molecule has 1 atom stereocenters. The summed E-state index contributed by atoms with van der Waals surface area (Å²) in [4.78, 5) is 4.24. The van der Waals surface area contributed by atoms with E-state index in [9.17, 15) is 5.11 Å². The standard InChI is InChI=1S/C12H20N2O2/c1-9-5-6-12(16)11(14-9)8-13-7-3-4-10(2)15/h5-6,10,13,15-16H,3-4,7-8H2,1-2H3. The summed E-state index contributed by atoms with van der Waals surface area (Å²) in [6, 6.07) is 3.45. The van der Waals surface area contributed by atoms with Gasteiger partial charge in [-0.25, -0.2) is 0 Å². The Labute approximate surface area is 96.3 Å². The predicted molar refractivity (Wildman–Crippen MR) is 63.3 cm³/mol. The Morgan fingerprint density at radius 3 is 2.88 bits per heavy atom. The van der Waals surface area contributed by atoms with Gasteiger partial charge in [0.1, 0.15) is 5.75 Å². The van der Waals surface area contributed by atoms with E-state index in [1.165, 1.54) is 0 Å². The predicted octanol–water partition coefficient (Wildman–Crippen LogP) is 1.35. The molecule has 0 aliphatic carbocycles. The quantitative estimate of drug-likeness (QED) is 0.638. The van der Waals surface area contributed by atoms with Crippen LogP contribution >= 0.6 is 0 Å². The summed E-state index contributed by atoms with van der Waals surface area (Å²) >= 11 is 0. The van der Waals surface area contributed by atoms with Crippen LogP contribution in [-0.4, -0.2) is 27.8 Å². The largest absolute Gasteiger partial charge is 0.506 e. The molecule has 1 aromatic rings. The summed E-state index contributed by atoms with van der Waals surface area (Å²) in [5, 5.41) is 21.8. The van der Waals surface area contributed by atoms with Crippen molar-refractivity contribution >= 4 is 0 Å². The van der Waals surface area contributed by atoms with Gasteiger partial charge in [-0.05, 0) is 45.4 Å². The number of aromatic nitrogens is 1. The van der Waals surface area contributed by atoms with Crippen molar-refractivity contribution in [3.8, 4) is 5.75 Å². The Balaban J connectivity index is 2.29. The zero-order valence-electron chi connectivity index (χ0n) is 9.90. The number of aromatic hydroxyl groups is 1. The maximum Gasteiger partial charge on any atom is 0.138 e. The van der Waals surface area contributed by atoms with Gasteiger partial charge in [-0.1, -0.05) is 0 Å². The molecule has 0 radical (unpaired) electrons. The zero-order valence-corrected chi connectivity index (χ0v) is 9.90. The van der Waals surface area contributed by atoms with Crippen LogP contribution in [0.3, 0.4) is 0 Å². The molecule has 0 bridgehead atoms. The van der Waals surface area contributed by atoms with Crippen molar-refractivity contribution in [1.82, 2.24) is 10.3 Å². The van der Waals surface area contributed by atoms with Gasteiger partial charge in [-0.3, -0.25) is 4.98 Å². The van der Waals surface area contributed by atoms with E-state index in [0.717, 1.165) is 25.1 Å². The zero-order chi connectivity index (χ0) is 12.0. The Morgan fingerprint density at radius 1 is 1.44 bits per heavy atom. The van der Waals surface area contributed by atoms with Gasteiger partial charge in [0, 0.05) is 12.2 Å². The van der Waals surface area contributed by atoms with Crippen molar-refractivity contribution in [3.63, 3.8) is 0 Å². The van der Waals surface area contributed by atoms with Crippen LogP contribution in [0.2, 0.25) is 0 Å². The minimum atomic E-state index is -0.243. The van der Waals surface area contributed by atoms with E-state index in [0.29, 0.717) is 12.2 Å². The summed E-state index contributed by atoms with van der Waals surface area (Å²) in [5.41, 5.74) is 1.58. The van der Waals surface area contributed by atoms with Crippen LogP contribution in [-0.2, 0) is 6.54 Å². The summed E-state index contributed by atoms with van der Waals surface area (Å²) in [5.74, 6) is 0.230. The van der Waals surface area contributed by atoms with Crippen molar-refractivity contribution < 1.29 is 10.2 Å². The van der Waals surface area contributed by atoms with Gasteiger partial charge in [0.15, 0.2) is 0 Å². The highest BCUT2D eigenvalue weighted by atomic mass is 16.3. The van der Waals surface area contributed by atoms with Crippen molar-refractivity contribution in [2.45, 2.75) is 39.3 Å². The van der Waals surface area contributed by atoms with Gasteiger partial charge in [0.05, 0.1) is 11.8 Å². The van der Waals surface area contributed by atoms with E-state index in [-0.39, 0.29) is 11.9 Å². The third-order valence-electron chi connectivity index (χ3n) is 2.36. The number of rotatable bonds is 6. The second kappa shape index (κ2) is 6.45. The van der Waals surface area contributed by atoms with E-state index < -0.39 is 0 Å². The first-order chi connectivity index (χ1) is 7.59. The molecule has 4 heteroatoms. The highest BCUT2D eigenvalue weighted by molar-refractivity contribution is 5.27. The Hall–Kier alpha value is -1.13. The van der Waals surface area contributed by atoms with Crippen LogP contribution in [0.5, 0.6) is 5.75 Å². The van der Waals surface area contributed by atoms with Crippen LogP contribution in [0.25, 0.3) is 0 Å². The second-order valence-electron chi connectivity index (χ2n) is 4.09. The van der Waals surface area contributed by atoms with Crippen molar-refractivity contribution in [3.05, 3.63) is 23.5 Å². The van der Waals surface area contributed by atoms with Crippen LogP contribution < -0.4 is 5.32 Å². The summed E-state index contributed by atoms with van der Waals surface area (Å²) in [7, 11) is 0. The molecule has 0 aromatic carbocycles. The summed E-state index contributed by atoms with van der Waals surface area (Å²) in [6.45, 7) is 5.07. The molecule has 16 heavy (non-hydrogen) atoms. The number of nitrogens with one attached hydrogen (secondary N) is 1. The van der Waals surface area contributed by atoms with E-state index in [1.54, 1.807) is 19.1 Å². The number of nitrogens with zero attached hydrogens (tertiary/aromatic N) is 1. The number of hydrogen-bond acceptors (Lipinski definition) is 4. The van der Waals surface area contributed by atoms with Gasteiger partial charge in [0.25, 0.3) is 0 Å². The first-order valence-corrected chi connectivity index (χ1v) is 5.64. The smallest absolute Gasteiger partial charge is 0.138 e. The Morgan fingerprint density at radius 2 is 2.19 bits per heavy atom. The lowest BCUT2D eigenvalue weighted by atomic mass is 10.2. The molecular formula is C12H20N2O2. The highest BCUT2D eigenvalue weighted by Crippen LogP contribution is 2.13. The lowest BCUT2D eigenvalue weighted by Gasteiger charge is -2.07. The molecular weight excluding hydrogens is 204 g/mol. The van der Waals surface area contributed by atoms with E-state index in [1.807, 2.05) is 6.92 Å². The summed E-state index contributed by atoms with van der Waals surface area (Å²) in [6.07, 6.45) is 1.47. The van der Waals surface area contributed by atoms with E-state index in [4.69, 9.17) is 5.11 Å². The molecule has 90 valence electrons. The third kappa shape index (κ3) is 4.59. The van der Waals surface area contributed by atoms with Gasteiger partial charge < -0.3 is 15.5 Å². The maximum absolute atomic E-state index is 9.54. The van der Waals surface area contributed by atoms with Crippen molar-refractivity contribution in [1.29, 1.82) is 0 Å². The van der Waals surface area contributed by atoms with Crippen LogP contribution in [0.1, 0.15) is 31.2 Å². The van der Waals surface area contributed by atoms with Crippen LogP contribution in [0.4, 0.5) is 0 Å². The Bertz CT molecular complexity index is 327. The molecule has 0 spiro atoms. The maximum atomic E-state index is 9.54. The van der Waals surface area contributed by atoms with Gasteiger partial charge >= 0.3 is 0 Å². The molecule has 0 amide bonds. The first kappa shape index (κ1) is 12.9. The average molecular weight is 224 g/mol. The minimum Gasteiger partial charge on any atom is -0.506 e. The third-order valence-corrected chi connectivity index (χ3v) is 2.36. The topological polar surface area (TPSA) is 65.4 Å². The number of aryl methyl sites for hydroxylation is 1. The van der Waals surface area contributed by atoms with Crippen LogP contribution in [0, 0.1) is 6.92 Å². The molecule has 1 aromatic heterocycles. The van der Waals surface area contributed by atoms with Gasteiger partial charge in [0.2, 0.25) is 0 Å². The Kier molecular flexibility index (Phi) is 5.22. The number of aliphatic hydroxyl groups is 1. The molecule has 1 rings (SSSR count). The van der Waals surface area contributed by atoms with Crippen LogP contribution in [0.15, 0.2) is 12.1 Å². The monoisotopic (exact) mass is 224 g/mol. The molecule has 4 nitrogen and oxygen atoms in total. The van der Waals surface area contributed by atoms with Gasteiger partial charge in [-0.15, -0.1) is 0 Å². The molecule has 0 fully saturated rings. The van der Waals surface area contributed by atoms with Gasteiger partial charge in [-0.2, -0.15) is 0 Å². The fraction of sp³-hybridized carbons (Fsp3) is 0.583. The molecule has 0 saturated carbocycles. The van der Waals surface area contributed by atoms with Crippen molar-refractivity contribution in [2.24, 2.45) is 0 Å². The number of pyridine rings is 1. The molecule has 0 aliphatic rings. The molecule has 1 unspecified atom stereocenters. The molecule has 0 saturated heterocycles. The summed E-state index contributed by atoms with van der Waals surface area (Å²) < 4.78 is 0. The van der Waals surface area contributed by atoms with Crippen molar-refractivity contribution in [2.75, 3.05) is 6.54 Å². The minimum absolute atomic E-state index is 0.230.